The molecule has 0 N–H and O–H groups in total. The number of carbonyl (C=O) groups is 1. The molecule has 1 unspecified atom stereocenters. The highest BCUT2D eigenvalue weighted by atomic mass is 32.2. The van der Waals surface area contributed by atoms with Crippen molar-refractivity contribution in [3.63, 3.8) is 0 Å². The van der Waals surface area contributed by atoms with Gasteiger partial charge in [-0.15, -0.1) is 11.3 Å². The second-order valence-corrected chi connectivity index (χ2v) is 10.4. The third kappa shape index (κ3) is 5.12. The van der Waals surface area contributed by atoms with E-state index in [1.54, 1.807) is 23.1 Å². The predicted octanol–water partition coefficient (Wildman–Crippen LogP) is 4.53. The van der Waals surface area contributed by atoms with Gasteiger partial charge in [-0.3, -0.25) is 9.69 Å². The fraction of sp³-hybridized carbons (Fsp3) is 0.417. The summed E-state index contributed by atoms with van der Waals surface area (Å²) in [5.41, 5.74) is 3.05. The maximum absolute atomic E-state index is 12.9. The molecule has 0 bridgehead atoms. The molecule has 0 radical (unpaired) electrons. The predicted molar refractivity (Wildman–Crippen MR) is 127 cm³/mol. The van der Waals surface area contributed by atoms with Gasteiger partial charge in [-0.25, -0.2) is 4.98 Å². The Bertz CT molecular complexity index is 990. The molecule has 0 aliphatic carbocycles. The molecule has 2 aliphatic rings. The first-order chi connectivity index (χ1) is 15.2. The quantitative estimate of drug-likeness (QED) is 0.514. The summed E-state index contributed by atoms with van der Waals surface area (Å²) in [7, 11) is 0. The number of thiazole rings is 1. The largest absolute Gasteiger partial charge is 0.377 e. The molecule has 5 nitrogen and oxygen atoms in total. The lowest BCUT2D eigenvalue weighted by Crippen LogP contribution is -2.50. The summed E-state index contributed by atoms with van der Waals surface area (Å²) in [5.74, 6) is 0.998. The number of nitrogens with zero attached hydrogens (tertiary/aromatic N) is 3. The van der Waals surface area contributed by atoms with Gasteiger partial charge in [0.2, 0.25) is 0 Å². The van der Waals surface area contributed by atoms with Gasteiger partial charge in [-0.1, -0.05) is 36.0 Å². The van der Waals surface area contributed by atoms with Crippen molar-refractivity contribution in [1.29, 1.82) is 0 Å². The maximum atomic E-state index is 12.9. The van der Waals surface area contributed by atoms with Gasteiger partial charge in [0.25, 0.3) is 5.91 Å². The van der Waals surface area contributed by atoms with Crippen LogP contribution in [0.2, 0.25) is 0 Å². The molecule has 5 rings (SSSR count). The smallest absolute Gasteiger partial charge is 0.253 e. The van der Waals surface area contributed by atoms with Gasteiger partial charge in [-0.05, 0) is 42.7 Å². The molecular formula is C24H27N3O2S2. The molecule has 1 aromatic heterocycles. The van der Waals surface area contributed by atoms with Crippen LogP contribution in [-0.2, 0) is 10.5 Å². The second-order valence-electron chi connectivity index (χ2n) is 8.16. The number of piperazine rings is 1. The van der Waals surface area contributed by atoms with Gasteiger partial charge in [0.05, 0.1) is 16.3 Å². The minimum atomic E-state index is 0.141. The van der Waals surface area contributed by atoms with Gasteiger partial charge in [-0.2, -0.15) is 0 Å². The number of fused-ring (bicyclic) bond motifs is 1. The van der Waals surface area contributed by atoms with E-state index >= 15 is 0 Å². The second kappa shape index (κ2) is 9.69. The number of carbonyl (C=O) groups excluding carboxylic acids is 1. The number of thioether (sulfide) groups is 1. The molecule has 31 heavy (non-hydrogen) atoms. The van der Waals surface area contributed by atoms with Crippen molar-refractivity contribution in [2.75, 3.05) is 39.3 Å². The van der Waals surface area contributed by atoms with E-state index < -0.39 is 0 Å². The zero-order valence-electron chi connectivity index (χ0n) is 17.5. The fourth-order valence-corrected chi connectivity index (χ4v) is 6.22. The number of aromatic nitrogens is 1. The lowest BCUT2D eigenvalue weighted by Gasteiger charge is -2.35. The minimum absolute atomic E-state index is 0.141. The Balaban J connectivity index is 1.12. The molecular weight excluding hydrogens is 426 g/mol. The average Bonchev–Trinajstić information content (AvgIpc) is 3.47. The number of ether oxygens (including phenoxy) is 1. The van der Waals surface area contributed by atoms with Crippen molar-refractivity contribution in [2.45, 2.75) is 29.0 Å². The molecule has 1 amide bonds. The molecule has 1 atom stereocenters. The highest BCUT2D eigenvalue weighted by Gasteiger charge is 2.25. The van der Waals surface area contributed by atoms with E-state index in [1.165, 1.54) is 23.1 Å². The van der Waals surface area contributed by atoms with Crippen LogP contribution in [0.4, 0.5) is 0 Å². The Kier molecular flexibility index (Phi) is 6.55. The van der Waals surface area contributed by atoms with Crippen molar-refractivity contribution < 1.29 is 9.53 Å². The SMILES string of the molecule is O=C(c1ccc(CSc2nc3ccccc3s2)cc1)N1CCN(CC2CCCO2)CC1. The van der Waals surface area contributed by atoms with E-state index in [9.17, 15) is 4.79 Å². The van der Waals surface area contributed by atoms with Crippen molar-refractivity contribution in [2.24, 2.45) is 0 Å². The van der Waals surface area contributed by atoms with Crippen molar-refractivity contribution in [1.82, 2.24) is 14.8 Å². The third-order valence-electron chi connectivity index (χ3n) is 5.98. The molecule has 162 valence electrons. The summed E-state index contributed by atoms with van der Waals surface area (Å²) in [5, 5.41) is 0. The van der Waals surface area contributed by atoms with Crippen LogP contribution in [0.15, 0.2) is 52.9 Å². The summed E-state index contributed by atoms with van der Waals surface area (Å²) in [6, 6.07) is 16.3. The van der Waals surface area contributed by atoms with Crippen LogP contribution in [0, 0.1) is 0 Å². The summed E-state index contributed by atoms with van der Waals surface area (Å²) in [6.45, 7) is 5.35. The Morgan fingerprint density at radius 1 is 1.10 bits per heavy atom. The molecule has 2 fully saturated rings. The standard InChI is InChI=1S/C24H27N3O2S2/c28-23(27-13-11-26(12-14-27)16-20-4-3-15-29-20)19-9-7-18(8-10-19)17-30-24-25-21-5-1-2-6-22(21)31-24/h1-2,5-10,20H,3-4,11-17H2. The Morgan fingerprint density at radius 3 is 2.65 bits per heavy atom. The first-order valence-corrected chi connectivity index (χ1v) is 12.8. The first kappa shape index (κ1) is 20.9. The van der Waals surface area contributed by atoms with E-state index in [1.807, 2.05) is 23.1 Å². The van der Waals surface area contributed by atoms with Gasteiger partial charge in [0.1, 0.15) is 0 Å². The van der Waals surface area contributed by atoms with E-state index in [-0.39, 0.29) is 5.91 Å². The van der Waals surface area contributed by atoms with Crippen LogP contribution in [0.25, 0.3) is 10.2 Å². The van der Waals surface area contributed by atoms with E-state index in [2.05, 4.69) is 40.2 Å². The normalized spacial score (nSPS) is 19.9. The lowest BCUT2D eigenvalue weighted by molar-refractivity contribution is 0.0433. The highest BCUT2D eigenvalue weighted by molar-refractivity contribution is 8.00. The van der Waals surface area contributed by atoms with E-state index in [0.717, 1.165) is 60.5 Å². The topological polar surface area (TPSA) is 45.7 Å². The lowest BCUT2D eigenvalue weighted by atomic mass is 10.1. The number of benzene rings is 2. The van der Waals surface area contributed by atoms with Crippen LogP contribution in [0.1, 0.15) is 28.8 Å². The summed E-state index contributed by atoms with van der Waals surface area (Å²) in [6.07, 6.45) is 2.73. The molecule has 2 aromatic carbocycles. The molecule has 0 spiro atoms. The van der Waals surface area contributed by atoms with Gasteiger partial charge < -0.3 is 9.64 Å². The molecule has 3 heterocycles. The van der Waals surface area contributed by atoms with Crippen LogP contribution in [0.5, 0.6) is 0 Å². The summed E-state index contributed by atoms with van der Waals surface area (Å²) >= 11 is 3.48. The third-order valence-corrected chi connectivity index (χ3v) is 8.23. The fourth-order valence-electron chi connectivity index (χ4n) is 4.19. The summed E-state index contributed by atoms with van der Waals surface area (Å²) in [4.78, 5) is 22.0. The highest BCUT2D eigenvalue weighted by Crippen LogP contribution is 2.31. The Labute approximate surface area is 191 Å². The number of hydrogen-bond acceptors (Lipinski definition) is 6. The van der Waals surface area contributed by atoms with E-state index in [0.29, 0.717) is 6.10 Å². The monoisotopic (exact) mass is 453 g/mol. The van der Waals surface area contributed by atoms with Crippen LogP contribution in [0.3, 0.4) is 0 Å². The first-order valence-electron chi connectivity index (χ1n) is 11.0. The van der Waals surface area contributed by atoms with Gasteiger partial charge in [0.15, 0.2) is 4.34 Å². The van der Waals surface area contributed by atoms with Crippen LogP contribution >= 0.6 is 23.1 Å². The van der Waals surface area contributed by atoms with Crippen LogP contribution < -0.4 is 0 Å². The number of rotatable bonds is 6. The van der Waals surface area contributed by atoms with Gasteiger partial charge >= 0.3 is 0 Å². The van der Waals surface area contributed by atoms with Crippen molar-refractivity contribution in [3.05, 3.63) is 59.7 Å². The minimum Gasteiger partial charge on any atom is -0.377 e. The zero-order chi connectivity index (χ0) is 21.0. The van der Waals surface area contributed by atoms with Crippen molar-refractivity contribution >= 4 is 39.2 Å². The average molecular weight is 454 g/mol. The van der Waals surface area contributed by atoms with E-state index in [4.69, 9.17) is 4.74 Å². The number of hydrogen-bond donors (Lipinski definition) is 0. The molecule has 2 saturated heterocycles. The molecule has 7 heteroatoms. The molecule has 2 aliphatic heterocycles. The zero-order valence-corrected chi connectivity index (χ0v) is 19.2. The Hall–Kier alpha value is -1.93. The molecule has 3 aromatic rings. The number of amides is 1. The maximum Gasteiger partial charge on any atom is 0.253 e. The summed E-state index contributed by atoms with van der Waals surface area (Å²) < 4.78 is 8.06. The number of para-hydroxylation sites is 1. The van der Waals surface area contributed by atoms with Crippen molar-refractivity contribution in [3.8, 4) is 0 Å². The van der Waals surface area contributed by atoms with Crippen LogP contribution in [-0.4, -0.2) is 66.1 Å². The Morgan fingerprint density at radius 2 is 1.90 bits per heavy atom. The molecule has 0 saturated carbocycles. The van der Waals surface area contributed by atoms with Gasteiger partial charge in [0, 0.05) is 50.6 Å².